The fourth-order valence-corrected chi connectivity index (χ4v) is 4.57. The third kappa shape index (κ3) is 2.94. The van der Waals surface area contributed by atoms with Crippen LogP contribution in [0, 0.1) is 11.3 Å². The fraction of sp³-hybridized carbons (Fsp3) is 0.722. The zero-order chi connectivity index (χ0) is 17.4. The lowest BCUT2D eigenvalue weighted by atomic mass is 9.55. The summed E-state index contributed by atoms with van der Waals surface area (Å²) >= 11 is 0. The van der Waals surface area contributed by atoms with Crippen LogP contribution in [0.1, 0.15) is 26.7 Å². The van der Waals surface area contributed by atoms with Gasteiger partial charge in [0, 0.05) is 56.5 Å². The van der Waals surface area contributed by atoms with Crippen LogP contribution in [0.3, 0.4) is 0 Å². The maximum Gasteiger partial charge on any atom is 0.225 e. The Bertz CT molecular complexity index is 626. The van der Waals surface area contributed by atoms with Gasteiger partial charge in [0.1, 0.15) is 0 Å². The van der Waals surface area contributed by atoms with Gasteiger partial charge in [-0.1, -0.05) is 13.8 Å². The molecular formula is C18H28N6O. The topological polar surface area (TPSA) is 79.9 Å². The van der Waals surface area contributed by atoms with Gasteiger partial charge in [0.25, 0.3) is 0 Å². The van der Waals surface area contributed by atoms with Crippen LogP contribution in [-0.4, -0.2) is 65.8 Å². The number of fused-ring (bicyclic) bond motifs is 1. The highest BCUT2D eigenvalue weighted by molar-refractivity contribution is 5.78. The molecule has 1 aromatic rings. The summed E-state index contributed by atoms with van der Waals surface area (Å²) in [6, 6.07) is 2.11. The number of rotatable bonds is 2. The van der Waals surface area contributed by atoms with Crippen LogP contribution in [0.15, 0.2) is 23.5 Å². The summed E-state index contributed by atoms with van der Waals surface area (Å²) in [6.45, 7) is 8.83. The predicted octanol–water partition coefficient (Wildman–Crippen LogP) is 1.12. The van der Waals surface area contributed by atoms with E-state index in [2.05, 4.69) is 33.6 Å². The number of nitrogens with two attached hydrogens (primary N) is 1. The lowest BCUT2D eigenvalue weighted by Gasteiger charge is -2.58. The Morgan fingerprint density at radius 2 is 1.96 bits per heavy atom. The fourth-order valence-electron chi connectivity index (χ4n) is 4.57. The minimum atomic E-state index is 0.0788. The SMILES string of the molecule is CC1(C)C(N=C(N)N2CCN(c3ncccn3)CC2)C2CCCOC21. The molecule has 1 aromatic heterocycles. The molecule has 3 aliphatic rings. The van der Waals surface area contributed by atoms with Gasteiger partial charge in [-0.15, -0.1) is 0 Å². The van der Waals surface area contributed by atoms with Crippen LogP contribution in [0.5, 0.6) is 0 Å². The molecule has 25 heavy (non-hydrogen) atoms. The molecule has 3 heterocycles. The first kappa shape index (κ1) is 16.6. The summed E-state index contributed by atoms with van der Waals surface area (Å²) in [7, 11) is 0. The van der Waals surface area contributed by atoms with Gasteiger partial charge in [-0.2, -0.15) is 0 Å². The van der Waals surface area contributed by atoms with Crippen molar-refractivity contribution in [3.63, 3.8) is 0 Å². The summed E-state index contributed by atoms with van der Waals surface area (Å²) in [5.41, 5.74) is 6.45. The van der Waals surface area contributed by atoms with Crippen molar-refractivity contribution in [1.29, 1.82) is 0 Å². The zero-order valence-electron chi connectivity index (χ0n) is 15.1. The van der Waals surface area contributed by atoms with Crippen molar-refractivity contribution in [3.8, 4) is 0 Å². The molecule has 3 atom stereocenters. The largest absolute Gasteiger partial charge is 0.377 e. The molecule has 4 rings (SSSR count). The van der Waals surface area contributed by atoms with E-state index in [0.717, 1.165) is 45.2 Å². The second-order valence-electron chi connectivity index (χ2n) is 7.87. The summed E-state index contributed by atoms with van der Waals surface area (Å²) in [5, 5.41) is 0. The maximum atomic E-state index is 6.37. The molecule has 7 nitrogen and oxygen atoms in total. The van der Waals surface area contributed by atoms with Gasteiger partial charge in [-0.05, 0) is 18.9 Å². The van der Waals surface area contributed by atoms with Crippen molar-refractivity contribution in [3.05, 3.63) is 18.5 Å². The molecule has 3 fully saturated rings. The third-order valence-electron chi connectivity index (χ3n) is 5.98. The number of guanidine groups is 1. The van der Waals surface area contributed by atoms with Crippen LogP contribution in [0.4, 0.5) is 5.95 Å². The van der Waals surface area contributed by atoms with Crippen molar-refractivity contribution in [2.45, 2.75) is 38.8 Å². The molecular weight excluding hydrogens is 316 g/mol. The van der Waals surface area contributed by atoms with Crippen LogP contribution in [0.2, 0.25) is 0 Å². The second kappa shape index (κ2) is 6.44. The van der Waals surface area contributed by atoms with Crippen molar-refractivity contribution in [2.24, 2.45) is 22.1 Å². The number of hydrogen-bond donors (Lipinski definition) is 1. The molecule has 0 aromatic carbocycles. The van der Waals surface area contributed by atoms with Crippen molar-refractivity contribution >= 4 is 11.9 Å². The van der Waals surface area contributed by atoms with Gasteiger partial charge in [0.15, 0.2) is 5.96 Å². The quantitative estimate of drug-likeness (QED) is 0.640. The Kier molecular flexibility index (Phi) is 4.27. The Balaban J connectivity index is 1.39. The standard InChI is InChI=1S/C18H28N6O/c1-18(2)14(13-5-3-12-25-15(13)18)22-16(19)23-8-10-24(11-9-23)17-20-6-4-7-21-17/h4,6-7,13-15H,3,5,8-12H2,1-2H3,(H2,19,22). The Morgan fingerprint density at radius 1 is 1.24 bits per heavy atom. The first-order valence-electron chi connectivity index (χ1n) is 9.29. The summed E-state index contributed by atoms with van der Waals surface area (Å²) in [4.78, 5) is 18.0. The minimum absolute atomic E-state index is 0.0788. The van der Waals surface area contributed by atoms with E-state index in [1.807, 2.05) is 6.07 Å². The number of nitrogens with zero attached hydrogens (tertiary/aromatic N) is 5. The molecule has 7 heteroatoms. The van der Waals surface area contributed by atoms with E-state index in [0.29, 0.717) is 18.0 Å². The highest BCUT2D eigenvalue weighted by atomic mass is 16.5. The smallest absolute Gasteiger partial charge is 0.225 e. The van der Waals surface area contributed by atoms with Gasteiger partial charge in [-0.3, -0.25) is 0 Å². The minimum Gasteiger partial charge on any atom is -0.377 e. The first-order chi connectivity index (χ1) is 12.1. The van der Waals surface area contributed by atoms with E-state index in [4.69, 9.17) is 15.5 Å². The summed E-state index contributed by atoms with van der Waals surface area (Å²) in [6.07, 6.45) is 6.25. The van der Waals surface area contributed by atoms with Gasteiger partial charge in [-0.25, -0.2) is 15.0 Å². The number of aromatic nitrogens is 2. The highest BCUT2D eigenvalue weighted by Crippen LogP contribution is 2.53. The maximum absolute atomic E-state index is 6.37. The lowest BCUT2D eigenvalue weighted by molar-refractivity contribution is -0.182. The zero-order valence-corrected chi connectivity index (χ0v) is 15.1. The molecule has 1 saturated carbocycles. The van der Waals surface area contributed by atoms with Crippen molar-refractivity contribution in [1.82, 2.24) is 14.9 Å². The lowest BCUT2D eigenvalue weighted by Crippen LogP contribution is -2.64. The normalized spacial score (nSPS) is 32.1. The van der Waals surface area contributed by atoms with Crippen LogP contribution >= 0.6 is 0 Å². The summed E-state index contributed by atoms with van der Waals surface area (Å²) < 4.78 is 5.97. The molecule has 2 saturated heterocycles. The monoisotopic (exact) mass is 344 g/mol. The molecule has 0 spiro atoms. The van der Waals surface area contributed by atoms with Gasteiger partial charge in [0.05, 0.1) is 12.1 Å². The van der Waals surface area contributed by atoms with E-state index in [1.165, 1.54) is 6.42 Å². The molecule has 0 amide bonds. The van der Waals surface area contributed by atoms with Crippen LogP contribution in [0.25, 0.3) is 0 Å². The van der Waals surface area contributed by atoms with Crippen molar-refractivity contribution < 1.29 is 4.74 Å². The van der Waals surface area contributed by atoms with Crippen molar-refractivity contribution in [2.75, 3.05) is 37.7 Å². The molecule has 2 aliphatic heterocycles. The van der Waals surface area contributed by atoms with Gasteiger partial charge in [0.2, 0.25) is 5.95 Å². The first-order valence-corrected chi connectivity index (χ1v) is 9.29. The number of piperazine rings is 1. The summed E-state index contributed by atoms with van der Waals surface area (Å²) in [5.74, 6) is 2.00. The highest BCUT2D eigenvalue weighted by Gasteiger charge is 2.58. The second-order valence-corrected chi connectivity index (χ2v) is 7.87. The van der Waals surface area contributed by atoms with E-state index >= 15 is 0 Å². The molecule has 2 N–H and O–H groups in total. The Morgan fingerprint density at radius 3 is 2.68 bits per heavy atom. The molecule has 3 unspecified atom stereocenters. The Labute approximate surface area is 149 Å². The molecule has 0 radical (unpaired) electrons. The van der Waals surface area contributed by atoms with Gasteiger partial charge < -0.3 is 20.3 Å². The molecule has 0 bridgehead atoms. The number of anilines is 1. The molecule has 1 aliphatic carbocycles. The average molecular weight is 344 g/mol. The average Bonchev–Trinajstić information content (AvgIpc) is 2.67. The van der Waals surface area contributed by atoms with Crippen LogP contribution < -0.4 is 10.6 Å². The number of ether oxygens (including phenoxy) is 1. The third-order valence-corrected chi connectivity index (χ3v) is 5.98. The van der Waals surface area contributed by atoms with E-state index in [1.54, 1.807) is 12.4 Å². The number of aliphatic imine (C=N–C) groups is 1. The van der Waals surface area contributed by atoms with E-state index < -0.39 is 0 Å². The van der Waals surface area contributed by atoms with Crippen LogP contribution in [-0.2, 0) is 4.74 Å². The van der Waals surface area contributed by atoms with E-state index in [9.17, 15) is 0 Å². The molecule has 136 valence electrons. The predicted molar refractivity (Wildman–Crippen MR) is 97.5 cm³/mol. The number of hydrogen-bond acceptors (Lipinski definition) is 5. The van der Waals surface area contributed by atoms with E-state index in [-0.39, 0.29) is 11.5 Å². The Hall–Kier alpha value is -1.89. The van der Waals surface area contributed by atoms with Gasteiger partial charge >= 0.3 is 0 Å².